The van der Waals surface area contributed by atoms with Gasteiger partial charge in [-0.15, -0.1) is 0 Å². The number of carbonyl (C=O) groups is 2. The van der Waals surface area contributed by atoms with Crippen molar-refractivity contribution in [1.82, 2.24) is 24.6 Å². The third kappa shape index (κ3) is 7.69. The number of benzene rings is 1. The number of rotatable bonds is 14. The predicted octanol–water partition coefficient (Wildman–Crippen LogP) is 1.24. The molecule has 3 heterocycles. The summed E-state index contributed by atoms with van der Waals surface area (Å²) in [6.07, 6.45) is -2.53. The molecule has 0 radical (unpaired) electrons. The number of aryl methyl sites for hydroxylation is 1. The van der Waals surface area contributed by atoms with E-state index in [1.54, 1.807) is 32.0 Å². The molecule has 246 valence electrons. The zero-order valence-corrected chi connectivity index (χ0v) is 26.2. The Morgan fingerprint density at radius 2 is 1.91 bits per heavy atom. The summed E-state index contributed by atoms with van der Waals surface area (Å²) in [5.74, 6) is -1.14. The van der Waals surface area contributed by atoms with Crippen LogP contribution in [0.25, 0.3) is 11.2 Å². The fourth-order valence-electron chi connectivity index (χ4n) is 4.72. The molecule has 1 aliphatic rings. The van der Waals surface area contributed by atoms with Crippen LogP contribution in [0.3, 0.4) is 0 Å². The summed E-state index contributed by atoms with van der Waals surface area (Å²) < 4.78 is 43.1. The highest BCUT2D eigenvalue weighted by Crippen LogP contribution is 2.48. The predicted molar refractivity (Wildman–Crippen MR) is 160 cm³/mol. The van der Waals surface area contributed by atoms with Crippen molar-refractivity contribution in [3.63, 3.8) is 0 Å². The van der Waals surface area contributed by atoms with Gasteiger partial charge in [0.1, 0.15) is 35.1 Å². The zero-order valence-electron chi connectivity index (χ0n) is 25.3. The highest BCUT2D eigenvalue weighted by Gasteiger charge is 2.54. The van der Waals surface area contributed by atoms with Crippen LogP contribution in [0.15, 0.2) is 30.6 Å². The van der Waals surface area contributed by atoms with Gasteiger partial charge >= 0.3 is 19.7 Å². The minimum absolute atomic E-state index is 0.0109. The van der Waals surface area contributed by atoms with Crippen LogP contribution in [-0.2, 0) is 39.3 Å². The standard InChI is InChI=1S/C27H38N7O10P/c1-5-40-19(35)12-11-16-9-7-8-10-17(16)44-45(39,33-15(3)24(37)41-6-2)42-13-18-21(36)27(4,38)25(43-18)34-14-30-20-22(28)31-26(29)32-23(20)34/h7-10,14-15,18,21,25,36,38H,5-6,11-13H2,1-4H3,(H,33,39)(H4,28,29,31,32)/t15-,18+,21?,25+,27?,45+/m0/s1. The second-order valence-corrected chi connectivity index (χ2v) is 12.1. The van der Waals surface area contributed by atoms with Crippen LogP contribution < -0.4 is 21.1 Å². The molecule has 2 unspecified atom stereocenters. The summed E-state index contributed by atoms with van der Waals surface area (Å²) in [6, 6.07) is 5.41. The van der Waals surface area contributed by atoms with Gasteiger partial charge in [-0.1, -0.05) is 18.2 Å². The Morgan fingerprint density at radius 1 is 1.20 bits per heavy atom. The lowest BCUT2D eigenvalue weighted by molar-refractivity contribution is -0.145. The van der Waals surface area contributed by atoms with Crippen LogP contribution in [0.5, 0.6) is 5.75 Å². The Kier molecular flexibility index (Phi) is 10.6. The van der Waals surface area contributed by atoms with E-state index in [-0.39, 0.29) is 54.7 Å². The van der Waals surface area contributed by atoms with Crippen molar-refractivity contribution in [2.24, 2.45) is 0 Å². The van der Waals surface area contributed by atoms with E-state index in [0.717, 1.165) is 0 Å². The molecule has 6 atom stereocenters. The average molecular weight is 652 g/mol. The maximum atomic E-state index is 14.2. The van der Waals surface area contributed by atoms with E-state index >= 15 is 0 Å². The van der Waals surface area contributed by atoms with Crippen molar-refractivity contribution in [2.45, 2.75) is 70.6 Å². The Balaban J connectivity index is 1.57. The Hall–Kier alpha value is -3.86. The third-order valence-corrected chi connectivity index (χ3v) is 8.60. The van der Waals surface area contributed by atoms with Crippen molar-refractivity contribution in [2.75, 3.05) is 31.3 Å². The number of para-hydroxylation sites is 1. The molecule has 3 aromatic rings. The van der Waals surface area contributed by atoms with E-state index in [0.29, 0.717) is 5.56 Å². The van der Waals surface area contributed by atoms with Gasteiger partial charge in [-0.2, -0.15) is 15.1 Å². The molecule has 1 aliphatic heterocycles. The number of nitrogen functional groups attached to an aromatic ring is 2. The maximum Gasteiger partial charge on any atom is 0.459 e. The number of aromatic nitrogens is 4. The summed E-state index contributed by atoms with van der Waals surface area (Å²) in [5, 5.41) is 24.9. The van der Waals surface area contributed by atoms with E-state index < -0.39 is 56.4 Å². The molecular formula is C27H38N7O10P. The molecule has 0 amide bonds. The fourth-order valence-corrected chi connectivity index (χ4v) is 6.26. The molecule has 45 heavy (non-hydrogen) atoms. The van der Waals surface area contributed by atoms with Crippen molar-refractivity contribution in [3.8, 4) is 5.75 Å². The molecule has 1 aromatic carbocycles. The monoisotopic (exact) mass is 651 g/mol. The molecule has 0 aliphatic carbocycles. The number of anilines is 2. The lowest BCUT2D eigenvalue weighted by Crippen LogP contribution is -2.44. The number of nitrogens with zero attached hydrogens (tertiary/aromatic N) is 4. The molecule has 0 spiro atoms. The summed E-state index contributed by atoms with van der Waals surface area (Å²) in [5.41, 5.74) is 10.6. The highest BCUT2D eigenvalue weighted by molar-refractivity contribution is 7.52. The number of imidazole rings is 1. The number of aliphatic hydroxyl groups is 2. The quantitative estimate of drug-likeness (QED) is 0.122. The van der Waals surface area contributed by atoms with Crippen LogP contribution in [-0.4, -0.2) is 85.3 Å². The van der Waals surface area contributed by atoms with Crippen molar-refractivity contribution in [3.05, 3.63) is 36.2 Å². The zero-order chi connectivity index (χ0) is 32.9. The van der Waals surface area contributed by atoms with Crippen LogP contribution in [0.1, 0.15) is 45.9 Å². The summed E-state index contributed by atoms with van der Waals surface area (Å²) in [7, 11) is -4.43. The van der Waals surface area contributed by atoms with E-state index in [2.05, 4.69) is 20.0 Å². The summed E-state index contributed by atoms with van der Waals surface area (Å²) in [4.78, 5) is 36.5. The number of ether oxygens (including phenoxy) is 3. The van der Waals surface area contributed by atoms with Crippen LogP contribution in [0.4, 0.5) is 11.8 Å². The van der Waals surface area contributed by atoms with E-state index in [9.17, 15) is 24.4 Å². The van der Waals surface area contributed by atoms with E-state index in [4.69, 9.17) is 34.7 Å². The lowest BCUT2D eigenvalue weighted by Gasteiger charge is -2.27. The molecule has 4 rings (SSSR count). The van der Waals surface area contributed by atoms with Gasteiger partial charge in [0, 0.05) is 6.42 Å². The Labute approximate surface area is 258 Å². The van der Waals surface area contributed by atoms with Crippen molar-refractivity contribution in [1.29, 1.82) is 0 Å². The van der Waals surface area contributed by atoms with Crippen LogP contribution in [0.2, 0.25) is 0 Å². The number of fused-ring (bicyclic) bond motifs is 1. The molecule has 1 saturated heterocycles. The molecule has 17 nitrogen and oxygen atoms in total. The molecule has 2 aromatic heterocycles. The van der Waals surface area contributed by atoms with Crippen molar-refractivity contribution >= 4 is 42.6 Å². The van der Waals surface area contributed by atoms with Gasteiger partial charge < -0.3 is 40.4 Å². The van der Waals surface area contributed by atoms with Gasteiger partial charge in [-0.25, -0.2) is 9.55 Å². The first kappa shape index (κ1) is 34.0. The second-order valence-electron chi connectivity index (χ2n) is 10.4. The van der Waals surface area contributed by atoms with Gasteiger partial charge in [0.2, 0.25) is 5.95 Å². The van der Waals surface area contributed by atoms with Crippen LogP contribution >= 0.6 is 7.75 Å². The number of esters is 2. The minimum Gasteiger partial charge on any atom is -0.466 e. The number of hydrogen-bond acceptors (Lipinski definition) is 15. The van der Waals surface area contributed by atoms with Crippen molar-refractivity contribution < 1.29 is 47.6 Å². The molecule has 0 saturated carbocycles. The molecular weight excluding hydrogens is 613 g/mol. The lowest BCUT2D eigenvalue weighted by atomic mass is 9.96. The number of aliphatic hydroxyl groups excluding tert-OH is 1. The summed E-state index contributed by atoms with van der Waals surface area (Å²) >= 11 is 0. The largest absolute Gasteiger partial charge is 0.466 e. The third-order valence-electron chi connectivity index (χ3n) is 6.97. The maximum absolute atomic E-state index is 14.2. The van der Waals surface area contributed by atoms with E-state index in [1.165, 1.54) is 30.8 Å². The van der Waals surface area contributed by atoms with Gasteiger partial charge in [-0.3, -0.25) is 18.7 Å². The van der Waals surface area contributed by atoms with Gasteiger partial charge in [-0.05, 0) is 45.7 Å². The first-order valence-corrected chi connectivity index (χ1v) is 15.8. The molecule has 7 N–H and O–H groups in total. The Morgan fingerprint density at radius 3 is 2.62 bits per heavy atom. The highest BCUT2D eigenvalue weighted by atomic mass is 31.2. The minimum atomic E-state index is -4.43. The van der Waals surface area contributed by atoms with Gasteiger partial charge in [0.15, 0.2) is 17.7 Å². The normalized spacial score (nSPS) is 23.4. The SMILES string of the molecule is CCOC(=O)CCc1ccccc1O[P@@](=O)(N[C@@H](C)C(=O)OCC)OC[C@H]1O[C@@H](n2cnc3c(N)nc(N)nc32)C(C)(O)C1O. The smallest absolute Gasteiger partial charge is 0.459 e. The molecule has 1 fully saturated rings. The number of carbonyl (C=O) groups excluding carboxylic acids is 2. The Bertz CT molecular complexity index is 1570. The molecule has 18 heteroatoms. The summed E-state index contributed by atoms with van der Waals surface area (Å²) in [6.45, 7) is 5.81. The second kappa shape index (κ2) is 14.1. The molecule has 0 bridgehead atoms. The van der Waals surface area contributed by atoms with E-state index in [1.807, 2.05) is 0 Å². The average Bonchev–Trinajstić information content (AvgIpc) is 3.49. The van der Waals surface area contributed by atoms with Gasteiger partial charge in [0.05, 0.1) is 26.1 Å². The number of nitrogens with two attached hydrogens (primary N) is 2. The first-order chi connectivity index (χ1) is 21.3. The number of hydrogen-bond donors (Lipinski definition) is 5. The first-order valence-electron chi connectivity index (χ1n) is 14.2. The topological polar surface area (TPSA) is 245 Å². The number of nitrogens with one attached hydrogen (secondary N) is 1. The van der Waals surface area contributed by atoms with Gasteiger partial charge in [0.25, 0.3) is 0 Å². The fraction of sp³-hybridized carbons (Fsp3) is 0.519. The van der Waals surface area contributed by atoms with Crippen LogP contribution in [0, 0.1) is 0 Å².